The smallest absolute Gasteiger partial charge is 0.241 e. The summed E-state index contributed by atoms with van der Waals surface area (Å²) in [4.78, 5) is 14.5. The maximum Gasteiger partial charge on any atom is 0.241 e. The van der Waals surface area contributed by atoms with Crippen LogP contribution in [0.5, 0.6) is 11.5 Å². The first kappa shape index (κ1) is 18.8. The molecule has 5 nitrogen and oxygen atoms in total. The number of likely N-dealkylation sites (N-methyl/N-ethyl adjacent to an activating group) is 1. The number of para-hydroxylation sites is 2. The molecule has 0 fully saturated rings. The monoisotopic (exact) mass is 342 g/mol. The Kier molecular flexibility index (Phi) is 6.83. The van der Waals surface area contributed by atoms with Crippen LogP contribution >= 0.6 is 0 Å². The van der Waals surface area contributed by atoms with E-state index in [-0.39, 0.29) is 11.9 Å². The van der Waals surface area contributed by atoms with Crippen LogP contribution in [-0.2, 0) is 11.3 Å². The van der Waals surface area contributed by atoms with Gasteiger partial charge in [-0.05, 0) is 50.7 Å². The van der Waals surface area contributed by atoms with Gasteiger partial charge in [0.25, 0.3) is 0 Å². The van der Waals surface area contributed by atoms with E-state index in [9.17, 15) is 4.79 Å². The van der Waals surface area contributed by atoms with E-state index in [1.165, 1.54) is 0 Å². The fourth-order valence-corrected chi connectivity index (χ4v) is 2.47. The maximum atomic E-state index is 12.5. The number of ether oxygens (including phenoxy) is 2. The average molecular weight is 342 g/mol. The third-order valence-corrected chi connectivity index (χ3v) is 4.07. The molecule has 1 unspecified atom stereocenters. The lowest BCUT2D eigenvalue weighted by Gasteiger charge is -2.24. The number of methoxy groups -OCH3 is 1. The summed E-state index contributed by atoms with van der Waals surface area (Å²) in [6.07, 6.45) is 0. The quantitative estimate of drug-likeness (QED) is 0.797. The Hall–Kier alpha value is -2.53. The number of carbonyl (C=O) groups excluding carboxylic acids is 1. The summed E-state index contributed by atoms with van der Waals surface area (Å²) in [6.45, 7) is 5.18. The molecule has 1 N–H and O–H groups in total. The van der Waals surface area contributed by atoms with Crippen LogP contribution in [0.25, 0.3) is 0 Å². The van der Waals surface area contributed by atoms with E-state index in [4.69, 9.17) is 9.47 Å². The van der Waals surface area contributed by atoms with E-state index >= 15 is 0 Å². The molecule has 0 bridgehead atoms. The second-order valence-corrected chi connectivity index (χ2v) is 5.86. The molecule has 0 aliphatic heterocycles. The summed E-state index contributed by atoms with van der Waals surface area (Å²) in [7, 11) is 3.52. The highest BCUT2D eigenvalue weighted by molar-refractivity contribution is 5.95. The zero-order valence-electron chi connectivity index (χ0n) is 15.3. The number of nitrogens with one attached hydrogen (secondary N) is 1. The standard InChI is InChI=1S/C20H26N2O3/c1-5-25-17-12-10-16(11-13-17)14-22(3)15(2)20(23)21-18-8-6-7-9-19(18)24-4/h6-13,15H,5,14H2,1-4H3,(H,21,23). The van der Waals surface area contributed by atoms with Gasteiger partial charge in [-0.2, -0.15) is 0 Å². The number of hydrogen-bond acceptors (Lipinski definition) is 4. The molecule has 0 saturated carbocycles. The highest BCUT2D eigenvalue weighted by Crippen LogP contribution is 2.23. The van der Waals surface area contributed by atoms with Gasteiger partial charge < -0.3 is 14.8 Å². The van der Waals surface area contributed by atoms with Crippen molar-refractivity contribution < 1.29 is 14.3 Å². The highest BCUT2D eigenvalue weighted by Gasteiger charge is 2.19. The highest BCUT2D eigenvalue weighted by atomic mass is 16.5. The van der Waals surface area contributed by atoms with E-state index in [0.29, 0.717) is 24.6 Å². The third kappa shape index (κ3) is 5.22. The second kappa shape index (κ2) is 9.08. The van der Waals surface area contributed by atoms with Crippen LogP contribution in [0.4, 0.5) is 5.69 Å². The number of carbonyl (C=O) groups is 1. The van der Waals surface area contributed by atoms with Crippen molar-refractivity contribution in [1.82, 2.24) is 4.90 Å². The van der Waals surface area contributed by atoms with Gasteiger partial charge in [0.15, 0.2) is 0 Å². The van der Waals surface area contributed by atoms with E-state index < -0.39 is 0 Å². The van der Waals surface area contributed by atoms with Crippen LogP contribution in [0.2, 0.25) is 0 Å². The van der Waals surface area contributed by atoms with Crippen molar-refractivity contribution in [3.8, 4) is 11.5 Å². The van der Waals surface area contributed by atoms with Gasteiger partial charge in [-0.25, -0.2) is 0 Å². The minimum absolute atomic E-state index is 0.0714. The van der Waals surface area contributed by atoms with Crippen LogP contribution in [0, 0.1) is 0 Å². The molecule has 2 aromatic carbocycles. The fourth-order valence-electron chi connectivity index (χ4n) is 2.47. The molecule has 1 atom stereocenters. The summed E-state index contributed by atoms with van der Waals surface area (Å²) in [5, 5.41) is 2.93. The van der Waals surface area contributed by atoms with Crippen molar-refractivity contribution in [2.24, 2.45) is 0 Å². The Morgan fingerprint density at radius 1 is 1.16 bits per heavy atom. The number of nitrogens with zero attached hydrogens (tertiary/aromatic N) is 1. The van der Waals surface area contributed by atoms with Crippen LogP contribution in [-0.4, -0.2) is 37.6 Å². The first-order chi connectivity index (χ1) is 12.0. The third-order valence-electron chi connectivity index (χ3n) is 4.07. The summed E-state index contributed by atoms with van der Waals surface area (Å²) in [6, 6.07) is 15.1. The van der Waals surface area contributed by atoms with E-state index in [1.807, 2.05) is 74.3 Å². The minimum atomic E-state index is -0.281. The number of benzene rings is 2. The molecule has 0 saturated heterocycles. The van der Waals surface area contributed by atoms with Crippen molar-refractivity contribution >= 4 is 11.6 Å². The SMILES string of the molecule is CCOc1ccc(CN(C)C(C)C(=O)Nc2ccccc2OC)cc1. The Bertz CT molecular complexity index is 686. The van der Waals surface area contributed by atoms with Gasteiger partial charge in [-0.15, -0.1) is 0 Å². The topological polar surface area (TPSA) is 50.8 Å². The molecule has 134 valence electrons. The van der Waals surface area contributed by atoms with Crippen molar-refractivity contribution in [2.45, 2.75) is 26.4 Å². The molecule has 0 aliphatic rings. The maximum absolute atomic E-state index is 12.5. The Balaban J connectivity index is 1.96. The molecule has 1 amide bonds. The summed E-state index contributed by atoms with van der Waals surface area (Å²) in [5.41, 5.74) is 1.80. The second-order valence-electron chi connectivity index (χ2n) is 5.86. The molecule has 0 heterocycles. The molecule has 0 spiro atoms. The first-order valence-electron chi connectivity index (χ1n) is 8.41. The zero-order valence-corrected chi connectivity index (χ0v) is 15.3. The normalized spacial score (nSPS) is 11.9. The van der Waals surface area contributed by atoms with Crippen LogP contribution in [0.15, 0.2) is 48.5 Å². The molecular weight excluding hydrogens is 316 g/mol. The Labute approximate surface area is 149 Å². The van der Waals surface area contributed by atoms with Gasteiger partial charge in [0.05, 0.1) is 25.4 Å². The predicted octanol–water partition coefficient (Wildman–Crippen LogP) is 3.55. The lowest BCUT2D eigenvalue weighted by Crippen LogP contribution is -2.39. The molecule has 5 heteroatoms. The zero-order chi connectivity index (χ0) is 18.2. The minimum Gasteiger partial charge on any atom is -0.495 e. The first-order valence-corrected chi connectivity index (χ1v) is 8.41. The largest absolute Gasteiger partial charge is 0.495 e. The van der Waals surface area contributed by atoms with Gasteiger partial charge in [0, 0.05) is 6.54 Å². The molecule has 0 aliphatic carbocycles. The van der Waals surface area contributed by atoms with Gasteiger partial charge in [0.2, 0.25) is 5.91 Å². The molecular formula is C20H26N2O3. The Morgan fingerprint density at radius 3 is 2.48 bits per heavy atom. The van der Waals surface area contributed by atoms with Crippen LogP contribution < -0.4 is 14.8 Å². The predicted molar refractivity (Wildman–Crippen MR) is 100 cm³/mol. The average Bonchev–Trinajstić information content (AvgIpc) is 2.63. The lowest BCUT2D eigenvalue weighted by atomic mass is 10.1. The number of anilines is 1. The molecule has 0 aromatic heterocycles. The van der Waals surface area contributed by atoms with Gasteiger partial charge in [-0.3, -0.25) is 9.69 Å². The van der Waals surface area contributed by atoms with E-state index in [2.05, 4.69) is 5.32 Å². The van der Waals surface area contributed by atoms with Gasteiger partial charge in [0.1, 0.15) is 11.5 Å². The fraction of sp³-hybridized carbons (Fsp3) is 0.350. The van der Waals surface area contributed by atoms with Crippen LogP contribution in [0.3, 0.4) is 0 Å². The molecule has 25 heavy (non-hydrogen) atoms. The summed E-state index contributed by atoms with van der Waals surface area (Å²) >= 11 is 0. The summed E-state index contributed by atoms with van der Waals surface area (Å²) in [5.74, 6) is 1.44. The van der Waals surface area contributed by atoms with Gasteiger partial charge in [-0.1, -0.05) is 24.3 Å². The molecule has 0 radical (unpaired) electrons. The molecule has 2 aromatic rings. The van der Waals surface area contributed by atoms with E-state index in [1.54, 1.807) is 7.11 Å². The van der Waals surface area contributed by atoms with Crippen molar-refractivity contribution in [1.29, 1.82) is 0 Å². The lowest BCUT2D eigenvalue weighted by molar-refractivity contribution is -0.120. The number of amides is 1. The van der Waals surface area contributed by atoms with Crippen molar-refractivity contribution in [3.05, 3.63) is 54.1 Å². The number of hydrogen-bond donors (Lipinski definition) is 1. The van der Waals surface area contributed by atoms with E-state index in [0.717, 1.165) is 11.3 Å². The molecule has 2 rings (SSSR count). The van der Waals surface area contributed by atoms with Crippen LogP contribution in [0.1, 0.15) is 19.4 Å². The Morgan fingerprint density at radius 2 is 1.84 bits per heavy atom. The van der Waals surface area contributed by atoms with Gasteiger partial charge >= 0.3 is 0 Å². The summed E-state index contributed by atoms with van der Waals surface area (Å²) < 4.78 is 10.7. The number of rotatable bonds is 8. The van der Waals surface area contributed by atoms with Crippen molar-refractivity contribution in [3.63, 3.8) is 0 Å². The van der Waals surface area contributed by atoms with Crippen molar-refractivity contribution in [2.75, 3.05) is 26.1 Å².